The predicted octanol–water partition coefficient (Wildman–Crippen LogP) is 5.63. The van der Waals surface area contributed by atoms with Crippen molar-refractivity contribution >= 4 is 5.69 Å². The zero-order valence-electron chi connectivity index (χ0n) is 18.7. The first-order valence-corrected chi connectivity index (χ1v) is 11.5. The Morgan fingerprint density at radius 2 is 1.45 bits per heavy atom. The fraction of sp³-hybridized carbons (Fsp3) is 0.333. The van der Waals surface area contributed by atoms with Crippen molar-refractivity contribution in [1.82, 2.24) is 4.90 Å². The van der Waals surface area contributed by atoms with Crippen LogP contribution in [0.4, 0.5) is 5.69 Å². The number of benzene rings is 3. The molecular weight excluding hydrogens is 416 g/mol. The first-order valence-electron chi connectivity index (χ1n) is 11.5. The van der Waals surface area contributed by atoms with Crippen LogP contribution in [0.1, 0.15) is 36.5 Å². The third-order valence-corrected chi connectivity index (χ3v) is 6.00. The van der Waals surface area contributed by atoms with Crippen molar-refractivity contribution in [3.05, 3.63) is 106 Å². The van der Waals surface area contributed by atoms with Gasteiger partial charge in [-0.15, -0.1) is 0 Å². The number of ether oxygens (including phenoxy) is 2. The Labute approximate surface area is 194 Å². The number of nitrogens with zero attached hydrogens (tertiary/aromatic N) is 2. The van der Waals surface area contributed by atoms with Gasteiger partial charge in [-0.3, -0.25) is 10.1 Å². The summed E-state index contributed by atoms with van der Waals surface area (Å²) in [5.74, 6) is 0.667. The van der Waals surface area contributed by atoms with Crippen LogP contribution < -0.4 is 4.74 Å². The first kappa shape index (κ1) is 23.0. The van der Waals surface area contributed by atoms with Crippen molar-refractivity contribution in [3.8, 4) is 5.75 Å². The molecule has 1 saturated heterocycles. The Morgan fingerprint density at radius 3 is 2.00 bits per heavy atom. The minimum Gasteiger partial charge on any atom is -0.494 e. The molecular formula is C27H30N2O4. The molecule has 0 amide bonds. The molecule has 1 aliphatic rings. The summed E-state index contributed by atoms with van der Waals surface area (Å²) in [4.78, 5) is 12.8. The lowest BCUT2D eigenvalue weighted by Crippen LogP contribution is -2.38. The molecule has 1 heterocycles. The summed E-state index contributed by atoms with van der Waals surface area (Å²) in [5, 5.41) is 10.7. The van der Waals surface area contributed by atoms with E-state index in [1.807, 2.05) is 12.1 Å². The van der Waals surface area contributed by atoms with Crippen LogP contribution in [0.5, 0.6) is 5.75 Å². The molecule has 0 aliphatic carbocycles. The molecule has 0 atom stereocenters. The normalized spacial score (nSPS) is 14.9. The van der Waals surface area contributed by atoms with Crippen LogP contribution in [0.15, 0.2) is 84.9 Å². The number of hydrogen-bond donors (Lipinski definition) is 0. The van der Waals surface area contributed by atoms with E-state index in [9.17, 15) is 10.1 Å². The molecule has 1 fully saturated rings. The number of hydrogen-bond acceptors (Lipinski definition) is 5. The van der Waals surface area contributed by atoms with Crippen molar-refractivity contribution < 1.29 is 14.4 Å². The number of rotatable bonds is 10. The van der Waals surface area contributed by atoms with E-state index in [-0.39, 0.29) is 17.9 Å². The fourth-order valence-corrected chi connectivity index (χ4v) is 4.21. The summed E-state index contributed by atoms with van der Waals surface area (Å²) in [6, 6.07) is 27.1. The summed E-state index contributed by atoms with van der Waals surface area (Å²) in [6.07, 6.45) is 3.14. The molecule has 0 unspecified atom stereocenters. The Hall–Kier alpha value is -3.22. The Kier molecular flexibility index (Phi) is 8.06. The second-order valence-electron chi connectivity index (χ2n) is 8.33. The highest BCUT2D eigenvalue weighted by Gasteiger charge is 2.24. The smallest absolute Gasteiger partial charge is 0.269 e. The summed E-state index contributed by atoms with van der Waals surface area (Å²) in [7, 11) is 0. The topological polar surface area (TPSA) is 64.8 Å². The monoisotopic (exact) mass is 446 g/mol. The molecule has 33 heavy (non-hydrogen) atoms. The Morgan fingerprint density at radius 1 is 0.879 bits per heavy atom. The molecule has 1 aliphatic heterocycles. The lowest BCUT2D eigenvalue weighted by Gasteiger charge is -2.34. The van der Waals surface area contributed by atoms with Crippen LogP contribution in [-0.2, 0) is 4.74 Å². The van der Waals surface area contributed by atoms with E-state index in [2.05, 4.69) is 53.4 Å². The van der Waals surface area contributed by atoms with Gasteiger partial charge >= 0.3 is 0 Å². The summed E-state index contributed by atoms with van der Waals surface area (Å²) in [5.41, 5.74) is 2.46. The quantitative estimate of drug-likeness (QED) is 0.229. The zero-order chi connectivity index (χ0) is 22.9. The molecule has 0 spiro atoms. The summed E-state index contributed by atoms with van der Waals surface area (Å²) < 4.78 is 12.4. The predicted molar refractivity (Wildman–Crippen MR) is 128 cm³/mol. The third-order valence-electron chi connectivity index (χ3n) is 6.00. The van der Waals surface area contributed by atoms with Gasteiger partial charge in [0, 0.05) is 31.8 Å². The van der Waals surface area contributed by atoms with Gasteiger partial charge in [0.05, 0.1) is 17.6 Å². The molecule has 172 valence electrons. The second-order valence-corrected chi connectivity index (χ2v) is 8.33. The molecule has 0 bridgehead atoms. The van der Waals surface area contributed by atoms with Crippen molar-refractivity contribution in [2.24, 2.45) is 0 Å². The van der Waals surface area contributed by atoms with Gasteiger partial charge in [-0.2, -0.15) is 0 Å². The first-order chi connectivity index (χ1) is 16.2. The Balaban J connectivity index is 1.21. The van der Waals surface area contributed by atoms with Crippen molar-refractivity contribution in [2.45, 2.75) is 31.5 Å². The Bertz CT molecular complexity index is 948. The average Bonchev–Trinajstić information content (AvgIpc) is 2.87. The average molecular weight is 447 g/mol. The maximum atomic E-state index is 10.7. The molecule has 3 aromatic carbocycles. The number of nitro groups is 1. The fourth-order valence-electron chi connectivity index (χ4n) is 4.21. The number of nitro benzene ring substituents is 1. The van der Waals surface area contributed by atoms with Gasteiger partial charge in [0.15, 0.2) is 0 Å². The summed E-state index contributed by atoms with van der Waals surface area (Å²) >= 11 is 0. The van der Waals surface area contributed by atoms with Crippen LogP contribution in [0.2, 0.25) is 0 Å². The molecule has 0 N–H and O–H groups in total. The minimum absolute atomic E-state index is 0.0425. The number of non-ortho nitro benzene ring substituents is 1. The largest absolute Gasteiger partial charge is 0.494 e. The minimum atomic E-state index is -0.404. The lowest BCUT2D eigenvalue weighted by atomic mass is 10.00. The van der Waals surface area contributed by atoms with Crippen LogP contribution >= 0.6 is 0 Å². The number of likely N-dealkylation sites (tertiary alicyclic amines) is 1. The molecule has 0 saturated carbocycles. The van der Waals surface area contributed by atoms with Gasteiger partial charge in [-0.1, -0.05) is 60.7 Å². The van der Waals surface area contributed by atoms with E-state index in [1.165, 1.54) is 23.3 Å². The van der Waals surface area contributed by atoms with E-state index in [1.54, 1.807) is 12.1 Å². The van der Waals surface area contributed by atoms with Crippen LogP contribution in [0.3, 0.4) is 0 Å². The molecule has 3 aromatic rings. The molecule has 4 rings (SSSR count). The van der Waals surface area contributed by atoms with Crippen molar-refractivity contribution in [3.63, 3.8) is 0 Å². The molecule has 6 heteroatoms. The standard InChI is InChI=1S/C27H30N2O4/c30-29(31)24-12-14-25(15-13-24)32-21-7-18-28-19-16-26(17-20-28)33-27(22-8-3-1-4-9-22)23-10-5-2-6-11-23/h1-6,8-15,26-27H,7,16-21H2. The van der Waals surface area contributed by atoms with Crippen LogP contribution in [0.25, 0.3) is 0 Å². The second kappa shape index (κ2) is 11.6. The van der Waals surface area contributed by atoms with Gasteiger partial charge in [0.1, 0.15) is 11.9 Å². The molecule has 6 nitrogen and oxygen atoms in total. The van der Waals surface area contributed by atoms with Gasteiger partial charge in [0.25, 0.3) is 5.69 Å². The highest BCUT2D eigenvalue weighted by atomic mass is 16.6. The highest BCUT2D eigenvalue weighted by molar-refractivity contribution is 5.36. The van der Waals surface area contributed by atoms with Crippen molar-refractivity contribution in [1.29, 1.82) is 0 Å². The maximum Gasteiger partial charge on any atom is 0.269 e. The van der Waals surface area contributed by atoms with Crippen molar-refractivity contribution in [2.75, 3.05) is 26.2 Å². The van der Waals surface area contributed by atoms with E-state index in [0.29, 0.717) is 12.4 Å². The van der Waals surface area contributed by atoms with Crippen LogP contribution in [0, 0.1) is 10.1 Å². The van der Waals surface area contributed by atoms with E-state index < -0.39 is 4.92 Å². The molecule has 0 aromatic heterocycles. The lowest BCUT2D eigenvalue weighted by molar-refractivity contribution is -0.384. The van der Waals surface area contributed by atoms with E-state index in [0.717, 1.165) is 38.9 Å². The highest BCUT2D eigenvalue weighted by Crippen LogP contribution is 2.30. The maximum absolute atomic E-state index is 10.7. The van der Waals surface area contributed by atoms with Gasteiger partial charge in [0.2, 0.25) is 0 Å². The van der Waals surface area contributed by atoms with E-state index in [4.69, 9.17) is 9.47 Å². The van der Waals surface area contributed by atoms with E-state index >= 15 is 0 Å². The molecule has 0 radical (unpaired) electrons. The summed E-state index contributed by atoms with van der Waals surface area (Å²) in [6.45, 7) is 3.59. The number of piperidine rings is 1. The SMILES string of the molecule is O=[N+]([O-])c1ccc(OCCCN2CCC(OC(c3ccccc3)c3ccccc3)CC2)cc1. The van der Waals surface area contributed by atoms with Crippen LogP contribution in [-0.4, -0.2) is 42.2 Å². The zero-order valence-corrected chi connectivity index (χ0v) is 18.7. The van der Waals surface area contributed by atoms with Gasteiger partial charge in [-0.25, -0.2) is 0 Å². The third kappa shape index (κ3) is 6.63. The van der Waals surface area contributed by atoms with Gasteiger partial charge in [-0.05, 0) is 42.5 Å². The van der Waals surface area contributed by atoms with Gasteiger partial charge < -0.3 is 14.4 Å².